The van der Waals surface area contributed by atoms with Gasteiger partial charge < -0.3 is 5.11 Å². The quantitative estimate of drug-likeness (QED) is 0.854. The third kappa shape index (κ3) is 2.45. The van der Waals surface area contributed by atoms with Crippen molar-refractivity contribution in [3.05, 3.63) is 48.0 Å². The molecule has 1 amide bonds. The molecular formula is C13H11FN2O2. The highest BCUT2D eigenvalue weighted by molar-refractivity contribution is 5.90. The number of rotatable bonds is 2. The van der Waals surface area contributed by atoms with E-state index in [9.17, 15) is 9.18 Å². The van der Waals surface area contributed by atoms with Gasteiger partial charge in [0.25, 0.3) is 0 Å². The van der Waals surface area contributed by atoms with E-state index in [4.69, 9.17) is 5.11 Å². The van der Waals surface area contributed by atoms with Crippen LogP contribution in [0.5, 0.6) is 0 Å². The average molecular weight is 246 g/mol. The molecule has 0 spiro atoms. The summed E-state index contributed by atoms with van der Waals surface area (Å²) in [5.74, 6) is -0.321. The van der Waals surface area contributed by atoms with E-state index in [1.54, 1.807) is 25.3 Å². The van der Waals surface area contributed by atoms with Gasteiger partial charge in [-0.05, 0) is 36.2 Å². The zero-order valence-corrected chi connectivity index (χ0v) is 9.64. The van der Waals surface area contributed by atoms with Gasteiger partial charge in [0.1, 0.15) is 5.82 Å². The summed E-state index contributed by atoms with van der Waals surface area (Å²) >= 11 is 0. The monoisotopic (exact) mass is 246 g/mol. The number of hydrogen-bond donors (Lipinski definition) is 2. The van der Waals surface area contributed by atoms with Crippen LogP contribution in [0.4, 0.5) is 14.9 Å². The molecule has 5 heteroatoms. The number of aromatic nitrogens is 1. The number of anilines is 1. The first kappa shape index (κ1) is 12.0. The van der Waals surface area contributed by atoms with Crippen molar-refractivity contribution in [3.63, 3.8) is 0 Å². The maximum absolute atomic E-state index is 13.1. The standard InChI is InChI=1S/C13H11FN2O2/c1-8-6-9(14)2-3-10(8)11-4-5-15-7-12(11)16-13(17)18/h2-7,16H,1H3,(H,17,18). The Hall–Kier alpha value is -2.43. The van der Waals surface area contributed by atoms with E-state index in [0.29, 0.717) is 11.3 Å². The van der Waals surface area contributed by atoms with E-state index in [-0.39, 0.29) is 5.82 Å². The maximum atomic E-state index is 13.1. The lowest BCUT2D eigenvalue weighted by molar-refractivity contribution is 0.209. The van der Waals surface area contributed by atoms with E-state index in [1.807, 2.05) is 0 Å². The topological polar surface area (TPSA) is 62.2 Å². The summed E-state index contributed by atoms with van der Waals surface area (Å²) in [6, 6.07) is 6.05. The first-order valence-electron chi connectivity index (χ1n) is 5.28. The Labute approximate surface area is 103 Å². The van der Waals surface area contributed by atoms with Crippen LogP contribution >= 0.6 is 0 Å². The molecule has 2 rings (SSSR count). The highest BCUT2D eigenvalue weighted by atomic mass is 19.1. The molecule has 0 unspecified atom stereocenters. The summed E-state index contributed by atoms with van der Waals surface area (Å²) in [4.78, 5) is 14.6. The van der Waals surface area contributed by atoms with E-state index < -0.39 is 6.09 Å². The lowest BCUT2D eigenvalue weighted by atomic mass is 10.0. The molecule has 1 aromatic carbocycles. The Morgan fingerprint density at radius 1 is 1.33 bits per heavy atom. The smallest absolute Gasteiger partial charge is 0.409 e. The second kappa shape index (κ2) is 4.83. The molecule has 4 nitrogen and oxygen atoms in total. The highest BCUT2D eigenvalue weighted by Crippen LogP contribution is 2.29. The molecular weight excluding hydrogens is 235 g/mol. The van der Waals surface area contributed by atoms with Gasteiger partial charge in [-0.3, -0.25) is 10.3 Å². The van der Waals surface area contributed by atoms with Crippen molar-refractivity contribution in [1.29, 1.82) is 0 Å². The second-order valence-corrected chi connectivity index (χ2v) is 3.81. The first-order valence-corrected chi connectivity index (χ1v) is 5.28. The van der Waals surface area contributed by atoms with Gasteiger partial charge in [0.2, 0.25) is 0 Å². The van der Waals surface area contributed by atoms with Gasteiger partial charge in [0.15, 0.2) is 0 Å². The van der Waals surface area contributed by atoms with Gasteiger partial charge in [-0.2, -0.15) is 0 Å². The Kier molecular flexibility index (Phi) is 3.23. The van der Waals surface area contributed by atoms with Gasteiger partial charge in [0, 0.05) is 11.8 Å². The van der Waals surface area contributed by atoms with Gasteiger partial charge in [-0.1, -0.05) is 6.07 Å². The zero-order valence-electron chi connectivity index (χ0n) is 9.64. The number of nitrogens with zero attached hydrogens (tertiary/aromatic N) is 1. The van der Waals surface area contributed by atoms with Crippen molar-refractivity contribution in [2.24, 2.45) is 0 Å². The molecule has 0 saturated carbocycles. The number of amides is 1. The SMILES string of the molecule is Cc1cc(F)ccc1-c1ccncc1NC(=O)O. The van der Waals surface area contributed by atoms with Crippen LogP contribution in [0, 0.1) is 12.7 Å². The number of halogens is 1. The molecule has 18 heavy (non-hydrogen) atoms. The number of hydrogen-bond acceptors (Lipinski definition) is 2. The van der Waals surface area contributed by atoms with Gasteiger partial charge in [-0.25, -0.2) is 9.18 Å². The molecule has 0 aliphatic heterocycles. The fourth-order valence-corrected chi connectivity index (χ4v) is 1.77. The largest absolute Gasteiger partial charge is 0.465 e. The second-order valence-electron chi connectivity index (χ2n) is 3.81. The van der Waals surface area contributed by atoms with E-state index >= 15 is 0 Å². The summed E-state index contributed by atoms with van der Waals surface area (Å²) in [7, 11) is 0. The molecule has 0 bridgehead atoms. The van der Waals surface area contributed by atoms with Gasteiger partial charge in [-0.15, -0.1) is 0 Å². The number of nitrogens with one attached hydrogen (secondary N) is 1. The van der Waals surface area contributed by atoms with E-state index in [1.165, 1.54) is 18.3 Å². The average Bonchev–Trinajstić information content (AvgIpc) is 2.30. The van der Waals surface area contributed by atoms with Gasteiger partial charge in [0.05, 0.1) is 11.9 Å². The predicted octanol–water partition coefficient (Wildman–Crippen LogP) is 3.29. The molecule has 0 saturated heterocycles. The third-order valence-corrected chi connectivity index (χ3v) is 2.54. The zero-order chi connectivity index (χ0) is 13.1. The molecule has 0 atom stereocenters. The highest BCUT2D eigenvalue weighted by Gasteiger charge is 2.10. The van der Waals surface area contributed by atoms with Crippen molar-refractivity contribution in [2.75, 3.05) is 5.32 Å². The number of carboxylic acid groups (broad SMARTS) is 1. The lowest BCUT2D eigenvalue weighted by Crippen LogP contribution is -2.08. The van der Waals surface area contributed by atoms with E-state index in [0.717, 1.165) is 11.1 Å². The minimum absolute atomic E-state index is 0.321. The molecule has 0 aliphatic carbocycles. The fourth-order valence-electron chi connectivity index (χ4n) is 1.77. The summed E-state index contributed by atoms with van der Waals surface area (Å²) in [5.41, 5.74) is 2.54. The summed E-state index contributed by atoms with van der Waals surface area (Å²) in [6.45, 7) is 1.77. The Morgan fingerprint density at radius 3 is 2.78 bits per heavy atom. The van der Waals surface area contributed by atoms with Crippen molar-refractivity contribution in [2.45, 2.75) is 6.92 Å². The van der Waals surface area contributed by atoms with Crippen LogP contribution in [0.15, 0.2) is 36.7 Å². The lowest BCUT2D eigenvalue weighted by Gasteiger charge is -2.11. The van der Waals surface area contributed by atoms with Crippen LogP contribution in [0.2, 0.25) is 0 Å². The van der Waals surface area contributed by atoms with Crippen LogP contribution in [0.3, 0.4) is 0 Å². The first-order chi connectivity index (χ1) is 8.58. The van der Waals surface area contributed by atoms with Crippen LogP contribution in [0.25, 0.3) is 11.1 Å². The number of aryl methyl sites for hydroxylation is 1. The Morgan fingerprint density at radius 2 is 2.11 bits per heavy atom. The molecule has 1 heterocycles. The molecule has 2 N–H and O–H groups in total. The Balaban J connectivity index is 2.53. The van der Waals surface area contributed by atoms with Crippen molar-refractivity contribution >= 4 is 11.8 Å². The minimum atomic E-state index is -1.16. The molecule has 1 aromatic heterocycles. The van der Waals surface area contributed by atoms with Crippen molar-refractivity contribution in [1.82, 2.24) is 4.98 Å². The van der Waals surface area contributed by atoms with Crippen LogP contribution in [0.1, 0.15) is 5.56 Å². The molecule has 0 radical (unpaired) electrons. The number of benzene rings is 1. The Bertz CT molecular complexity index is 599. The summed E-state index contributed by atoms with van der Waals surface area (Å²) < 4.78 is 13.1. The molecule has 92 valence electrons. The maximum Gasteiger partial charge on any atom is 0.409 e. The normalized spacial score (nSPS) is 10.1. The van der Waals surface area contributed by atoms with Crippen LogP contribution in [-0.2, 0) is 0 Å². The fraction of sp³-hybridized carbons (Fsp3) is 0.0769. The van der Waals surface area contributed by atoms with Crippen LogP contribution < -0.4 is 5.32 Å². The summed E-state index contributed by atoms with van der Waals surface area (Å²) in [6.07, 6.45) is 1.82. The molecule has 0 fully saturated rings. The minimum Gasteiger partial charge on any atom is -0.465 e. The number of pyridine rings is 1. The molecule has 2 aromatic rings. The third-order valence-electron chi connectivity index (χ3n) is 2.54. The predicted molar refractivity (Wildman–Crippen MR) is 66.0 cm³/mol. The van der Waals surface area contributed by atoms with Crippen LogP contribution in [-0.4, -0.2) is 16.2 Å². The molecule has 0 aliphatic rings. The summed E-state index contributed by atoms with van der Waals surface area (Å²) in [5, 5.41) is 11.0. The van der Waals surface area contributed by atoms with Crippen molar-refractivity contribution < 1.29 is 14.3 Å². The van der Waals surface area contributed by atoms with Crippen molar-refractivity contribution in [3.8, 4) is 11.1 Å². The van der Waals surface area contributed by atoms with E-state index in [2.05, 4.69) is 10.3 Å². The van der Waals surface area contributed by atoms with Gasteiger partial charge >= 0.3 is 6.09 Å². The number of carbonyl (C=O) groups is 1.